The van der Waals surface area contributed by atoms with Crippen LogP contribution in [-0.2, 0) is 4.57 Å². The van der Waals surface area contributed by atoms with Crippen LogP contribution in [0.2, 0.25) is 0 Å². The summed E-state index contributed by atoms with van der Waals surface area (Å²) < 4.78 is 12.6. The highest BCUT2D eigenvalue weighted by molar-refractivity contribution is 7.38. The van der Waals surface area contributed by atoms with Gasteiger partial charge in [-0.2, -0.15) is 0 Å². The lowest BCUT2D eigenvalue weighted by Gasteiger charge is -2.39. The van der Waals surface area contributed by atoms with Crippen molar-refractivity contribution in [1.29, 1.82) is 0 Å². The van der Waals surface area contributed by atoms with Crippen LogP contribution >= 0.6 is 8.03 Å². The highest BCUT2D eigenvalue weighted by Gasteiger charge is 2.53. The van der Waals surface area contributed by atoms with Crippen molar-refractivity contribution in [3.63, 3.8) is 0 Å². The van der Waals surface area contributed by atoms with Gasteiger partial charge < -0.3 is 4.89 Å². The lowest BCUT2D eigenvalue weighted by molar-refractivity contribution is -0.910. The van der Waals surface area contributed by atoms with Gasteiger partial charge in [0.15, 0.2) is 0 Å². The minimum atomic E-state index is -2.42. The summed E-state index contributed by atoms with van der Waals surface area (Å²) in [6.45, 7) is 4.36. The maximum Gasteiger partial charge on any atom is 0.376 e. The van der Waals surface area contributed by atoms with Crippen LogP contribution in [0.25, 0.3) is 0 Å². The highest BCUT2D eigenvalue weighted by Crippen LogP contribution is 2.45. The molecule has 0 aromatic heterocycles. The molecule has 2 unspecified atom stereocenters. The standard InChI is InChI=1S/C28H57NO2P/c1-6-8-9-10-11-12-13-14-15-16-17-18-19-20-21-22-23-24-25-27-28(26-7-2,32(30)31)29(3,4)5/h12-13H,6-11,14-27H2,1-5H3/q+1/b13-12-. The fourth-order valence-electron chi connectivity index (χ4n) is 4.81. The molecule has 0 aliphatic carbocycles. The first-order valence-electron chi connectivity index (χ1n) is 13.9. The SMILES string of the molecule is CCCCCC/C=C\CCCCCCCCCCCCCC(CCC)([P+](=O)[O-])[N+](C)(C)C. The Morgan fingerprint density at radius 2 is 1.03 bits per heavy atom. The van der Waals surface area contributed by atoms with Crippen LogP contribution in [0.3, 0.4) is 0 Å². The van der Waals surface area contributed by atoms with Gasteiger partial charge in [0.2, 0.25) is 0 Å². The number of nitrogens with zero attached hydrogens (tertiary/aromatic N) is 1. The van der Waals surface area contributed by atoms with E-state index in [1.165, 1.54) is 103 Å². The smallest absolute Gasteiger partial charge is 0.376 e. The molecule has 3 nitrogen and oxygen atoms in total. The minimum absolute atomic E-state index is 0.523. The van der Waals surface area contributed by atoms with Crippen LogP contribution in [0.1, 0.15) is 142 Å². The molecule has 0 aliphatic heterocycles. The normalized spacial score (nSPS) is 14.8. The molecule has 0 aliphatic rings. The predicted octanol–water partition coefficient (Wildman–Crippen LogP) is 8.89. The van der Waals surface area contributed by atoms with Gasteiger partial charge in [-0.3, -0.25) is 4.48 Å². The topological polar surface area (TPSA) is 40.1 Å². The third-order valence-electron chi connectivity index (χ3n) is 7.08. The van der Waals surface area contributed by atoms with Crippen molar-refractivity contribution in [2.75, 3.05) is 21.1 Å². The van der Waals surface area contributed by atoms with Crippen molar-refractivity contribution >= 4 is 8.03 Å². The van der Waals surface area contributed by atoms with Crippen molar-refractivity contribution in [3.05, 3.63) is 12.2 Å². The van der Waals surface area contributed by atoms with Gasteiger partial charge in [0, 0.05) is 12.8 Å². The van der Waals surface area contributed by atoms with E-state index < -0.39 is 13.3 Å². The van der Waals surface area contributed by atoms with Crippen LogP contribution in [0, 0.1) is 0 Å². The molecule has 0 spiro atoms. The average Bonchev–Trinajstić information content (AvgIpc) is 2.73. The van der Waals surface area contributed by atoms with Gasteiger partial charge in [0.1, 0.15) is 0 Å². The van der Waals surface area contributed by atoms with E-state index in [1.54, 1.807) is 0 Å². The second-order valence-corrected chi connectivity index (χ2v) is 12.1. The quantitative estimate of drug-likeness (QED) is 0.0647. The van der Waals surface area contributed by atoms with Gasteiger partial charge in [-0.05, 0) is 38.5 Å². The fourth-order valence-corrected chi connectivity index (χ4v) is 6.05. The van der Waals surface area contributed by atoms with E-state index >= 15 is 0 Å². The Kier molecular flexibility index (Phi) is 20.0. The monoisotopic (exact) mass is 470 g/mol. The highest BCUT2D eigenvalue weighted by atomic mass is 31.1. The Labute approximate surface area is 202 Å². The first kappa shape index (κ1) is 31.8. The van der Waals surface area contributed by atoms with Crippen LogP contribution in [-0.4, -0.2) is 30.9 Å². The zero-order valence-electron chi connectivity index (χ0n) is 22.5. The Bertz CT molecular complexity index is 473. The van der Waals surface area contributed by atoms with Crippen molar-refractivity contribution in [2.45, 2.75) is 148 Å². The third kappa shape index (κ3) is 14.8. The van der Waals surface area contributed by atoms with E-state index in [1.807, 2.05) is 21.1 Å². The van der Waals surface area contributed by atoms with Gasteiger partial charge in [0.05, 0.1) is 21.1 Å². The zero-order valence-corrected chi connectivity index (χ0v) is 23.4. The third-order valence-corrected chi connectivity index (χ3v) is 8.80. The van der Waals surface area contributed by atoms with Gasteiger partial charge in [-0.1, -0.05) is 108 Å². The molecule has 0 saturated heterocycles. The lowest BCUT2D eigenvalue weighted by atomic mass is 9.99. The van der Waals surface area contributed by atoms with Crippen molar-refractivity contribution < 1.29 is 13.9 Å². The van der Waals surface area contributed by atoms with Gasteiger partial charge >= 0.3 is 8.03 Å². The van der Waals surface area contributed by atoms with Crippen molar-refractivity contribution in [3.8, 4) is 0 Å². The summed E-state index contributed by atoms with van der Waals surface area (Å²) in [7, 11) is 3.68. The van der Waals surface area contributed by atoms with E-state index in [4.69, 9.17) is 0 Å². The number of hydrogen-bond donors (Lipinski definition) is 0. The number of unbranched alkanes of at least 4 members (excludes halogenated alkanes) is 15. The van der Waals surface area contributed by atoms with Crippen molar-refractivity contribution in [2.24, 2.45) is 0 Å². The second-order valence-electron chi connectivity index (χ2n) is 10.8. The van der Waals surface area contributed by atoms with E-state index in [9.17, 15) is 9.46 Å². The molecular formula is C28H57NO2P+. The van der Waals surface area contributed by atoms with Crippen molar-refractivity contribution in [1.82, 2.24) is 0 Å². The van der Waals surface area contributed by atoms with Crippen LogP contribution < -0.4 is 4.89 Å². The maximum absolute atomic E-state index is 12.1. The molecule has 0 aromatic carbocycles. The fraction of sp³-hybridized carbons (Fsp3) is 0.929. The van der Waals surface area contributed by atoms with Gasteiger partial charge in [-0.25, -0.2) is 0 Å². The number of allylic oxidation sites excluding steroid dienone is 2. The Morgan fingerprint density at radius 3 is 1.41 bits per heavy atom. The molecule has 190 valence electrons. The summed E-state index contributed by atoms with van der Waals surface area (Å²) in [5.41, 5.74) is 0. The molecule has 0 N–H and O–H groups in total. The van der Waals surface area contributed by atoms with Crippen LogP contribution in [0.4, 0.5) is 0 Å². The van der Waals surface area contributed by atoms with E-state index in [-0.39, 0.29) is 0 Å². The first-order chi connectivity index (χ1) is 15.3. The molecule has 0 aromatic rings. The molecule has 0 saturated carbocycles. The Hall–Kier alpha value is -0.240. The van der Waals surface area contributed by atoms with Crippen LogP contribution in [0.5, 0.6) is 0 Å². The van der Waals surface area contributed by atoms with Crippen LogP contribution in [0.15, 0.2) is 12.2 Å². The summed E-state index contributed by atoms with van der Waals surface area (Å²) in [6, 6.07) is 0. The summed E-state index contributed by atoms with van der Waals surface area (Å²) in [6.07, 6.45) is 29.6. The molecular weight excluding hydrogens is 413 g/mol. The largest absolute Gasteiger partial charge is 0.590 e. The molecule has 0 bridgehead atoms. The summed E-state index contributed by atoms with van der Waals surface area (Å²) in [5.74, 6) is 0. The zero-order chi connectivity index (χ0) is 24.1. The van der Waals surface area contributed by atoms with Gasteiger partial charge in [-0.15, -0.1) is 0 Å². The lowest BCUT2D eigenvalue weighted by Crippen LogP contribution is -2.55. The molecule has 0 heterocycles. The minimum Gasteiger partial charge on any atom is -0.590 e. The number of quaternary nitrogens is 1. The molecule has 0 fully saturated rings. The molecule has 2 atom stereocenters. The van der Waals surface area contributed by atoms with E-state index in [0.717, 1.165) is 25.7 Å². The number of hydrogen-bond acceptors (Lipinski definition) is 2. The van der Waals surface area contributed by atoms with Gasteiger partial charge in [0.25, 0.3) is 5.28 Å². The molecule has 0 rings (SSSR count). The Balaban J connectivity index is 3.61. The molecule has 4 heteroatoms. The maximum atomic E-state index is 12.1. The first-order valence-corrected chi connectivity index (χ1v) is 15.1. The predicted molar refractivity (Wildman–Crippen MR) is 141 cm³/mol. The Morgan fingerprint density at radius 1 is 0.625 bits per heavy atom. The molecule has 0 radical (unpaired) electrons. The van der Waals surface area contributed by atoms with E-state index in [0.29, 0.717) is 4.48 Å². The summed E-state index contributed by atoms with van der Waals surface area (Å²) in [5, 5.41) is -0.589. The average molecular weight is 471 g/mol. The van der Waals surface area contributed by atoms with E-state index in [2.05, 4.69) is 26.0 Å². The second kappa shape index (κ2) is 20.2. The molecule has 0 amide bonds. The summed E-state index contributed by atoms with van der Waals surface area (Å²) >= 11 is 0. The molecule has 32 heavy (non-hydrogen) atoms. The summed E-state index contributed by atoms with van der Waals surface area (Å²) in [4.78, 5) is 12.1. The number of rotatable bonds is 23.